The van der Waals surface area contributed by atoms with E-state index in [0.717, 1.165) is 12.0 Å². The highest BCUT2D eigenvalue weighted by Gasteiger charge is 2.28. The Balaban J connectivity index is 0.00000264. The second-order valence-corrected chi connectivity index (χ2v) is 6.26. The molecule has 0 aliphatic carbocycles. The Bertz CT molecular complexity index is 628. The van der Waals surface area contributed by atoms with E-state index in [1.807, 2.05) is 37.3 Å². The molecular formula is C17H24ClN3O2. The van der Waals surface area contributed by atoms with Gasteiger partial charge in [-0.1, -0.05) is 49.3 Å². The van der Waals surface area contributed by atoms with Gasteiger partial charge in [0.25, 0.3) is 5.91 Å². The monoisotopic (exact) mass is 337 g/mol. The van der Waals surface area contributed by atoms with E-state index in [2.05, 4.69) is 24.3 Å². The second-order valence-electron chi connectivity index (χ2n) is 6.26. The number of benzene rings is 1. The molecule has 1 atom stereocenters. The van der Waals surface area contributed by atoms with Crippen LogP contribution in [0, 0.1) is 5.92 Å². The van der Waals surface area contributed by atoms with Crippen molar-refractivity contribution in [3.8, 4) is 11.3 Å². The molecule has 0 aliphatic rings. The average Bonchev–Trinajstić information content (AvgIpc) is 2.97. The van der Waals surface area contributed by atoms with E-state index in [0.29, 0.717) is 18.2 Å². The molecule has 0 fully saturated rings. The largest absolute Gasteiger partial charge is 0.350 e. The number of rotatable bonds is 6. The summed E-state index contributed by atoms with van der Waals surface area (Å²) in [5, 5.41) is 6.92. The topological polar surface area (TPSA) is 81.1 Å². The molecule has 0 aliphatic heterocycles. The molecule has 6 heteroatoms. The van der Waals surface area contributed by atoms with Crippen LogP contribution in [0.5, 0.6) is 0 Å². The molecule has 1 aromatic carbocycles. The standard InChI is InChI=1S/C17H23N3O2.ClH/c1-12(2)10-17(3,11-18)19-16(21)15-9-14(20-22-15)13-7-5-4-6-8-13;/h4-9,12H,10-11,18H2,1-3H3,(H,19,21);1H. The van der Waals surface area contributed by atoms with Gasteiger partial charge >= 0.3 is 0 Å². The number of halogens is 1. The summed E-state index contributed by atoms with van der Waals surface area (Å²) in [7, 11) is 0. The van der Waals surface area contributed by atoms with E-state index in [9.17, 15) is 4.79 Å². The zero-order valence-electron chi connectivity index (χ0n) is 13.7. The highest BCUT2D eigenvalue weighted by atomic mass is 35.5. The van der Waals surface area contributed by atoms with Crippen molar-refractivity contribution in [2.75, 3.05) is 6.54 Å². The molecule has 0 saturated carbocycles. The van der Waals surface area contributed by atoms with Gasteiger partial charge in [-0.2, -0.15) is 0 Å². The van der Waals surface area contributed by atoms with Gasteiger partial charge in [0.15, 0.2) is 0 Å². The van der Waals surface area contributed by atoms with Crippen LogP contribution in [0.15, 0.2) is 40.9 Å². The molecule has 1 unspecified atom stereocenters. The van der Waals surface area contributed by atoms with Gasteiger partial charge in [0.05, 0.1) is 5.54 Å². The summed E-state index contributed by atoms with van der Waals surface area (Å²) in [6.07, 6.45) is 0.801. The minimum Gasteiger partial charge on any atom is -0.350 e. The Kier molecular flexibility index (Phi) is 6.79. The van der Waals surface area contributed by atoms with Gasteiger partial charge < -0.3 is 15.6 Å². The van der Waals surface area contributed by atoms with Crippen LogP contribution in [0.25, 0.3) is 11.3 Å². The molecule has 3 N–H and O–H groups in total. The summed E-state index contributed by atoms with van der Waals surface area (Å²) in [6, 6.07) is 11.2. The summed E-state index contributed by atoms with van der Waals surface area (Å²) in [5.74, 6) is 0.342. The summed E-state index contributed by atoms with van der Waals surface area (Å²) < 4.78 is 5.17. The molecule has 0 bridgehead atoms. The maximum Gasteiger partial charge on any atom is 0.290 e. The number of nitrogens with two attached hydrogens (primary N) is 1. The Hall–Kier alpha value is -1.85. The predicted molar refractivity (Wildman–Crippen MR) is 93.6 cm³/mol. The first-order valence-electron chi connectivity index (χ1n) is 7.48. The molecule has 0 saturated heterocycles. The van der Waals surface area contributed by atoms with Crippen LogP contribution in [0.2, 0.25) is 0 Å². The van der Waals surface area contributed by atoms with Crippen molar-refractivity contribution in [1.82, 2.24) is 10.5 Å². The van der Waals surface area contributed by atoms with Gasteiger partial charge in [0.1, 0.15) is 5.69 Å². The lowest BCUT2D eigenvalue weighted by molar-refractivity contribution is 0.0860. The van der Waals surface area contributed by atoms with Crippen molar-refractivity contribution in [3.05, 3.63) is 42.2 Å². The summed E-state index contributed by atoms with van der Waals surface area (Å²) in [5.41, 5.74) is 6.92. The number of amides is 1. The Morgan fingerprint density at radius 3 is 2.57 bits per heavy atom. The van der Waals surface area contributed by atoms with Gasteiger partial charge in [-0.05, 0) is 19.3 Å². The number of carbonyl (C=O) groups is 1. The van der Waals surface area contributed by atoms with Gasteiger partial charge in [0.2, 0.25) is 5.76 Å². The van der Waals surface area contributed by atoms with Gasteiger partial charge in [-0.3, -0.25) is 4.79 Å². The number of carbonyl (C=O) groups excluding carboxylic acids is 1. The zero-order chi connectivity index (χ0) is 16.2. The fourth-order valence-corrected chi connectivity index (χ4v) is 2.55. The van der Waals surface area contributed by atoms with Crippen LogP contribution in [0.3, 0.4) is 0 Å². The predicted octanol–water partition coefficient (Wildman–Crippen LogP) is 3.26. The van der Waals surface area contributed by atoms with Crippen molar-refractivity contribution in [3.63, 3.8) is 0 Å². The Labute approximate surface area is 143 Å². The van der Waals surface area contributed by atoms with Gasteiger partial charge in [-0.15, -0.1) is 12.4 Å². The Morgan fingerprint density at radius 1 is 1.35 bits per heavy atom. The third kappa shape index (κ3) is 5.08. The lowest BCUT2D eigenvalue weighted by atomic mass is 9.90. The van der Waals surface area contributed by atoms with E-state index in [-0.39, 0.29) is 24.1 Å². The van der Waals surface area contributed by atoms with E-state index >= 15 is 0 Å². The molecule has 2 aromatic rings. The van der Waals surface area contributed by atoms with Gasteiger partial charge in [-0.25, -0.2) is 0 Å². The van der Waals surface area contributed by atoms with Crippen LogP contribution in [-0.4, -0.2) is 23.1 Å². The van der Waals surface area contributed by atoms with E-state index in [4.69, 9.17) is 10.3 Å². The summed E-state index contributed by atoms with van der Waals surface area (Å²) >= 11 is 0. The molecule has 1 heterocycles. The van der Waals surface area contributed by atoms with E-state index in [1.165, 1.54) is 0 Å². The zero-order valence-corrected chi connectivity index (χ0v) is 14.5. The second kappa shape index (κ2) is 8.13. The smallest absolute Gasteiger partial charge is 0.290 e. The van der Waals surface area contributed by atoms with Crippen LogP contribution in [-0.2, 0) is 0 Å². The number of aromatic nitrogens is 1. The lowest BCUT2D eigenvalue weighted by Gasteiger charge is -2.30. The fraction of sp³-hybridized carbons (Fsp3) is 0.412. The molecule has 1 aromatic heterocycles. The first-order chi connectivity index (χ1) is 10.4. The third-order valence-corrected chi connectivity index (χ3v) is 3.53. The number of nitrogens with one attached hydrogen (secondary N) is 1. The lowest BCUT2D eigenvalue weighted by Crippen LogP contribution is -2.52. The van der Waals surface area contributed by atoms with Crippen molar-refractivity contribution in [1.29, 1.82) is 0 Å². The number of nitrogens with zero attached hydrogens (tertiary/aromatic N) is 1. The van der Waals surface area contributed by atoms with E-state index in [1.54, 1.807) is 6.07 Å². The summed E-state index contributed by atoms with van der Waals surface area (Å²) in [6.45, 7) is 6.51. The minimum absolute atomic E-state index is 0. The van der Waals surface area contributed by atoms with Crippen molar-refractivity contribution < 1.29 is 9.32 Å². The quantitative estimate of drug-likeness (QED) is 0.847. The molecule has 0 spiro atoms. The highest BCUT2D eigenvalue weighted by Crippen LogP contribution is 2.20. The molecule has 0 radical (unpaired) electrons. The number of hydrogen-bond acceptors (Lipinski definition) is 4. The van der Waals surface area contributed by atoms with Crippen molar-refractivity contribution in [2.24, 2.45) is 11.7 Å². The van der Waals surface area contributed by atoms with Gasteiger partial charge in [0, 0.05) is 18.2 Å². The first kappa shape index (κ1) is 19.2. The van der Waals surface area contributed by atoms with Crippen molar-refractivity contribution >= 4 is 18.3 Å². The highest BCUT2D eigenvalue weighted by molar-refractivity contribution is 5.92. The SMILES string of the molecule is CC(C)CC(C)(CN)NC(=O)c1cc(-c2ccccc2)no1.Cl. The third-order valence-electron chi connectivity index (χ3n) is 3.53. The van der Waals surface area contributed by atoms with Crippen LogP contribution in [0.4, 0.5) is 0 Å². The average molecular weight is 338 g/mol. The molecule has 126 valence electrons. The normalized spacial score (nSPS) is 13.3. The first-order valence-corrected chi connectivity index (χ1v) is 7.48. The molecule has 5 nitrogen and oxygen atoms in total. The van der Waals surface area contributed by atoms with Crippen LogP contribution < -0.4 is 11.1 Å². The maximum absolute atomic E-state index is 12.3. The maximum atomic E-state index is 12.3. The molecule has 23 heavy (non-hydrogen) atoms. The molecule has 2 rings (SSSR count). The molecular weight excluding hydrogens is 314 g/mol. The Morgan fingerprint density at radius 2 is 2.00 bits per heavy atom. The summed E-state index contributed by atoms with van der Waals surface area (Å²) in [4.78, 5) is 12.3. The minimum atomic E-state index is -0.453. The van der Waals surface area contributed by atoms with E-state index < -0.39 is 5.54 Å². The molecule has 1 amide bonds. The van der Waals surface area contributed by atoms with Crippen molar-refractivity contribution in [2.45, 2.75) is 32.7 Å². The fourth-order valence-electron chi connectivity index (χ4n) is 2.55. The van der Waals surface area contributed by atoms with Crippen LogP contribution in [0.1, 0.15) is 37.7 Å². The number of hydrogen-bond donors (Lipinski definition) is 2. The van der Waals surface area contributed by atoms with Crippen LogP contribution >= 0.6 is 12.4 Å².